The molecule has 2 heteroatoms. The van der Waals surface area contributed by atoms with E-state index in [1.165, 1.54) is 25.9 Å². The highest BCUT2D eigenvalue weighted by molar-refractivity contribution is 5.00. The Kier molecular flexibility index (Phi) is 1.92. The zero-order valence-corrected chi connectivity index (χ0v) is 8.43. The lowest BCUT2D eigenvalue weighted by atomic mass is 10.0. The van der Waals surface area contributed by atoms with Gasteiger partial charge in [-0.05, 0) is 40.2 Å². The van der Waals surface area contributed by atoms with E-state index in [0.717, 1.165) is 12.1 Å². The van der Waals surface area contributed by atoms with Crippen LogP contribution >= 0.6 is 0 Å². The van der Waals surface area contributed by atoms with Crippen molar-refractivity contribution in [3.8, 4) is 0 Å². The maximum absolute atomic E-state index is 3.58. The molecule has 0 aromatic carbocycles. The van der Waals surface area contributed by atoms with Crippen LogP contribution in [0.3, 0.4) is 0 Å². The zero-order chi connectivity index (χ0) is 8.77. The number of likely N-dealkylation sites (tertiary alicyclic amines) is 1. The number of rotatable bonds is 0. The first-order chi connectivity index (χ1) is 5.59. The van der Waals surface area contributed by atoms with Gasteiger partial charge in [0.05, 0.1) is 0 Å². The topological polar surface area (TPSA) is 15.3 Å². The fourth-order valence-electron chi connectivity index (χ4n) is 2.70. The van der Waals surface area contributed by atoms with Gasteiger partial charge in [0.25, 0.3) is 0 Å². The maximum atomic E-state index is 3.58. The highest BCUT2D eigenvalue weighted by atomic mass is 15.3. The summed E-state index contributed by atoms with van der Waals surface area (Å²) in [6.07, 6.45) is 2.70. The number of hydrogen-bond donors (Lipinski definition) is 1. The molecule has 2 fully saturated rings. The standard InChI is InChI=1S/C10H20N2/c1-10(2,3)12-7-5-8-9(12)4-6-11-8/h8-9,11H,4-7H2,1-3H3/t8-,9-/m1/s1. The van der Waals surface area contributed by atoms with E-state index in [1.54, 1.807) is 0 Å². The van der Waals surface area contributed by atoms with Gasteiger partial charge in [0.2, 0.25) is 0 Å². The van der Waals surface area contributed by atoms with Gasteiger partial charge in [-0.25, -0.2) is 0 Å². The molecule has 0 aliphatic carbocycles. The summed E-state index contributed by atoms with van der Waals surface area (Å²) in [4.78, 5) is 2.66. The predicted molar refractivity (Wildman–Crippen MR) is 51.3 cm³/mol. The second-order valence-electron chi connectivity index (χ2n) is 5.07. The molecule has 2 saturated heterocycles. The molecule has 0 bridgehead atoms. The van der Waals surface area contributed by atoms with Gasteiger partial charge in [-0.1, -0.05) is 0 Å². The van der Waals surface area contributed by atoms with Crippen molar-refractivity contribution in [2.24, 2.45) is 0 Å². The molecule has 0 aromatic rings. The number of nitrogens with one attached hydrogen (secondary N) is 1. The third-order valence-electron chi connectivity index (χ3n) is 3.25. The van der Waals surface area contributed by atoms with Crippen molar-refractivity contribution in [2.45, 2.75) is 51.2 Å². The summed E-state index contributed by atoms with van der Waals surface area (Å²) >= 11 is 0. The fourth-order valence-corrected chi connectivity index (χ4v) is 2.70. The van der Waals surface area contributed by atoms with Gasteiger partial charge in [0, 0.05) is 24.2 Å². The van der Waals surface area contributed by atoms with Gasteiger partial charge in [0.1, 0.15) is 0 Å². The molecule has 0 amide bonds. The number of fused-ring (bicyclic) bond motifs is 1. The van der Waals surface area contributed by atoms with Crippen molar-refractivity contribution in [2.75, 3.05) is 13.1 Å². The van der Waals surface area contributed by atoms with Gasteiger partial charge in [-0.15, -0.1) is 0 Å². The van der Waals surface area contributed by atoms with Crippen LogP contribution in [0.15, 0.2) is 0 Å². The lowest BCUT2D eigenvalue weighted by Crippen LogP contribution is -2.46. The van der Waals surface area contributed by atoms with E-state index in [2.05, 4.69) is 31.0 Å². The van der Waals surface area contributed by atoms with E-state index in [4.69, 9.17) is 0 Å². The van der Waals surface area contributed by atoms with Crippen molar-refractivity contribution < 1.29 is 0 Å². The number of nitrogens with zero attached hydrogens (tertiary/aromatic N) is 1. The Hall–Kier alpha value is -0.0800. The minimum atomic E-state index is 0.367. The van der Waals surface area contributed by atoms with Gasteiger partial charge < -0.3 is 5.32 Å². The second-order valence-corrected chi connectivity index (χ2v) is 5.07. The molecule has 0 radical (unpaired) electrons. The molecule has 2 heterocycles. The molecule has 2 nitrogen and oxygen atoms in total. The second kappa shape index (κ2) is 2.71. The van der Waals surface area contributed by atoms with E-state index in [0.29, 0.717) is 5.54 Å². The Labute approximate surface area is 75.3 Å². The molecular formula is C10H20N2. The summed E-state index contributed by atoms with van der Waals surface area (Å²) in [5, 5.41) is 3.58. The molecule has 1 N–H and O–H groups in total. The fraction of sp³-hybridized carbons (Fsp3) is 1.00. The summed E-state index contributed by atoms with van der Waals surface area (Å²) in [5.74, 6) is 0. The summed E-state index contributed by atoms with van der Waals surface area (Å²) < 4.78 is 0. The minimum Gasteiger partial charge on any atom is -0.312 e. The third-order valence-corrected chi connectivity index (χ3v) is 3.25. The smallest absolute Gasteiger partial charge is 0.0267 e. The third kappa shape index (κ3) is 1.27. The van der Waals surface area contributed by atoms with Crippen LogP contribution in [0.4, 0.5) is 0 Å². The SMILES string of the molecule is CC(C)(C)N1CC[C@H]2NCC[C@H]21. The van der Waals surface area contributed by atoms with Gasteiger partial charge in [-0.2, -0.15) is 0 Å². The van der Waals surface area contributed by atoms with Crippen LogP contribution in [-0.2, 0) is 0 Å². The Morgan fingerprint density at radius 1 is 1.25 bits per heavy atom. The first-order valence-corrected chi connectivity index (χ1v) is 5.09. The molecule has 70 valence electrons. The summed E-state index contributed by atoms with van der Waals surface area (Å²) in [5.41, 5.74) is 0.367. The quantitative estimate of drug-likeness (QED) is 0.585. The van der Waals surface area contributed by atoms with E-state index in [-0.39, 0.29) is 0 Å². The molecule has 0 aromatic heterocycles. The van der Waals surface area contributed by atoms with Crippen LogP contribution in [0.1, 0.15) is 33.6 Å². The highest BCUT2D eigenvalue weighted by Crippen LogP contribution is 2.30. The van der Waals surface area contributed by atoms with E-state index < -0.39 is 0 Å². The first kappa shape index (κ1) is 8.52. The largest absolute Gasteiger partial charge is 0.312 e. The van der Waals surface area contributed by atoms with Crippen molar-refractivity contribution in [3.63, 3.8) is 0 Å². The molecular weight excluding hydrogens is 148 g/mol. The Morgan fingerprint density at radius 2 is 2.00 bits per heavy atom. The van der Waals surface area contributed by atoms with Crippen molar-refractivity contribution >= 4 is 0 Å². The predicted octanol–water partition coefficient (Wildman–Crippen LogP) is 1.22. The van der Waals surface area contributed by atoms with Gasteiger partial charge in [-0.3, -0.25) is 4.90 Å². The molecule has 2 aliphatic heterocycles. The normalized spacial score (nSPS) is 37.2. The molecule has 0 saturated carbocycles. The van der Waals surface area contributed by atoms with Crippen LogP contribution in [0.5, 0.6) is 0 Å². The molecule has 12 heavy (non-hydrogen) atoms. The van der Waals surface area contributed by atoms with Gasteiger partial charge >= 0.3 is 0 Å². The van der Waals surface area contributed by atoms with Crippen molar-refractivity contribution in [1.29, 1.82) is 0 Å². The van der Waals surface area contributed by atoms with Crippen LogP contribution in [-0.4, -0.2) is 35.6 Å². The lowest BCUT2D eigenvalue weighted by molar-refractivity contribution is 0.122. The minimum absolute atomic E-state index is 0.367. The van der Waals surface area contributed by atoms with Crippen molar-refractivity contribution in [1.82, 2.24) is 10.2 Å². The molecule has 2 aliphatic rings. The molecule has 2 rings (SSSR count). The Balaban J connectivity index is 2.09. The van der Waals surface area contributed by atoms with Gasteiger partial charge in [0.15, 0.2) is 0 Å². The Morgan fingerprint density at radius 3 is 2.67 bits per heavy atom. The van der Waals surface area contributed by atoms with E-state index in [9.17, 15) is 0 Å². The van der Waals surface area contributed by atoms with E-state index >= 15 is 0 Å². The monoisotopic (exact) mass is 168 g/mol. The number of hydrogen-bond acceptors (Lipinski definition) is 2. The zero-order valence-electron chi connectivity index (χ0n) is 8.43. The first-order valence-electron chi connectivity index (χ1n) is 5.09. The summed E-state index contributed by atoms with van der Waals surface area (Å²) in [7, 11) is 0. The lowest BCUT2D eigenvalue weighted by Gasteiger charge is -2.36. The molecule has 0 unspecified atom stereocenters. The van der Waals surface area contributed by atoms with Crippen LogP contribution < -0.4 is 5.32 Å². The highest BCUT2D eigenvalue weighted by Gasteiger charge is 2.41. The molecule has 2 atom stereocenters. The van der Waals surface area contributed by atoms with Crippen LogP contribution in [0.25, 0.3) is 0 Å². The van der Waals surface area contributed by atoms with Crippen LogP contribution in [0, 0.1) is 0 Å². The summed E-state index contributed by atoms with van der Waals surface area (Å²) in [6.45, 7) is 9.49. The van der Waals surface area contributed by atoms with Crippen molar-refractivity contribution in [3.05, 3.63) is 0 Å². The maximum Gasteiger partial charge on any atom is 0.0267 e. The average molecular weight is 168 g/mol. The Bertz CT molecular complexity index is 171. The average Bonchev–Trinajstić information content (AvgIpc) is 2.37. The molecule has 0 spiro atoms. The van der Waals surface area contributed by atoms with E-state index in [1.807, 2.05) is 0 Å². The van der Waals surface area contributed by atoms with Crippen LogP contribution in [0.2, 0.25) is 0 Å². The summed E-state index contributed by atoms with van der Waals surface area (Å²) in [6, 6.07) is 1.62.